The van der Waals surface area contributed by atoms with Crippen molar-refractivity contribution in [3.63, 3.8) is 0 Å². The van der Waals surface area contributed by atoms with Crippen molar-refractivity contribution < 1.29 is 24.0 Å². The standard InChI is InChI=1S/C12H16Cl2N5O6P/c1-18(2)12-16-9-6(10(22)17-12)15-4-19(9)11-8(21)7(20)5(25-11)3-24-26(13,14)23/h4-5,7-8,11,20-21H,3H2,1-2H3,(H,16,17,22)/t5-,7?,8+,11-/m1/s1. The number of fused-ring (bicyclic) bond motifs is 1. The Hall–Kier alpha value is -1.20. The zero-order valence-corrected chi connectivity index (χ0v) is 16.0. The van der Waals surface area contributed by atoms with Gasteiger partial charge >= 0.3 is 6.07 Å². The Bertz CT molecular complexity index is 913. The molecule has 4 atom stereocenters. The lowest BCUT2D eigenvalue weighted by molar-refractivity contribution is -0.0465. The van der Waals surface area contributed by atoms with Gasteiger partial charge in [-0.1, -0.05) is 0 Å². The number of imidazole rings is 1. The van der Waals surface area contributed by atoms with E-state index in [1.807, 2.05) is 0 Å². The van der Waals surface area contributed by atoms with E-state index in [1.165, 1.54) is 10.9 Å². The van der Waals surface area contributed by atoms with Crippen molar-refractivity contribution in [2.24, 2.45) is 0 Å². The molecule has 3 rings (SSSR count). The summed E-state index contributed by atoms with van der Waals surface area (Å²) in [5, 5.41) is 20.4. The first kappa shape index (κ1) is 19.6. The van der Waals surface area contributed by atoms with Crippen LogP contribution in [-0.2, 0) is 13.8 Å². The number of nitrogens with zero attached hydrogens (tertiary/aromatic N) is 4. The van der Waals surface area contributed by atoms with Crippen LogP contribution >= 0.6 is 28.6 Å². The van der Waals surface area contributed by atoms with Crippen LogP contribution in [0, 0.1) is 0 Å². The normalized spacial score (nSPS) is 26.5. The van der Waals surface area contributed by atoms with Gasteiger partial charge in [-0.05, 0) is 22.5 Å². The Morgan fingerprint density at radius 3 is 2.73 bits per heavy atom. The number of halogens is 2. The molecule has 0 spiro atoms. The number of anilines is 1. The van der Waals surface area contributed by atoms with Crippen LogP contribution in [0.2, 0.25) is 0 Å². The fourth-order valence-electron chi connectivity index (χ4n) is 2.57. The average Bonchev–Trinajstić information content (AvgIpc) is 3.08. The summed E-state index contributed by atoms with van der Waals surface area (Å²) in [4.78, 5) is 24.6. The maximum atomic E-state index is 12.1. The number of aliphatic hydroxyl groups excluding tert-OH is 2. The molecule has 0 radical (unpaired) electrons. The molecule has 1 aliphatic rings. The van der Waals surface area contributed by atoms with E-state index in [0.717, 1.165) is 0 Å². The van der Waals surface area contributed by atoms with Gasteiger partial charge in [-0.25, -0.2) is 4.98 Å². The number of aromatic amines is 1. The molecule has 26 heavy (non-hydrogen) atoms. The fourth-order valence-corrected chi connectivity index (χ4v) is 3.23. The Morgan fingerprint density at radius 2 is 2.12 bits per heavy atom. The minimum atomic E-state index is -3.82. The second-order valence-electron chi connectivity index (χ2n) is 5.86. The first-order valence-electron chi connectivity index (χ1n) is 7.38. The number of hydrogen-bond donors (Lipinski definition) is 3. The van der Waals surface area contributed by atoms with Crippen LogP contribution in [0.1, 0.15) is 6.23 Å². The molecular formula is C12H16Cl2N5O6P. The Morgan fingerprint density at radius 1 is 1.42 bits per heavy atom. The molecule has 1 unspecified atom stereocenters. The Kier molecular flexibility index (Phi) is 5.33. The highest BCUT2D eigenvalue weighted by molar-refractivity contribution is 8.05. The van der Waals surface area contributed by atoms with Crippen molar-refractivity contribution >= 4 is 45.7 Å². The van der Waals surface area contributed by atoms with Crippen molar-refractivity contribution in [2.75, 3.05) is 25.6 Å². The summed E-state index contributed by atoms with van der Waals surface area (Å²) in [6.45, 7) is -0.400. The molecule has 2 aromatic heterocycles. The second kappa shape index (κ2) is 7.08. The predicted molar refractivity (Wildman–Crippen MR) is 93.7 cm³/mol. The first-order valence-corrected chi connectivity index (χ1v) is 10.8. The topological polar surface area (TPSA) is 143 Å². The zero-order chi connectivity index (χ0) is 19.2. The van der Waals surface area contributed by atoms with E-state index in [2.05, 4.69) is 15.0 Å². The van der Waals surface area contributed by atoms with Crippen LogP contribution in [0.15, 0.2) is 11.1 Å². The number of hydrogen-bond acceptors (Lipinski definition) is 9. The van der Waals surface area contributed by atoms with Crippen LogP contribution in [0.4, 0.5) is 5.95 Å². The van der Waals surface area contributed by atoms with E-state index in [1.54, 1.807) is 19.0 Å². The fraction of sp³-hybridized carbons (Fsp3) is 0.583. The number of rotatable bonds is 5. The summed E-state index contributed by atoms with van der Waals surface area (Å²) >= 11 is 10.6. The molecule has 11 nitrogen and oxygen atoms in total. The predicted octanol–water partition coefficient (Wildman–Crippen LogP) is 0.407. The van der Waals surface area contributed by atoms with Gasteiger partial charge in [0.05, 0.1) is 12.9 Å². The second-order valence-corrected chi connectivity index (χ2v) is 10.1. The molecule has 1 aliphatic heterocycles. The van der Waals surface area contributed by atoms with Crippen LogP contribution in [-0.4, -0.2) is 68.7 Å². The van der Waals surface area contributed by atoms with Gasteiger partial charge in [0, 0.05) is 14.1 Å². The Labute approximate surface area is 156 Å². The molecular weight excluding hydrogens is 412 g/mol. The molecule has 3 N–H and O–H groups in total. The largest absolute Gasteiger partial charge is 0.387 e. The monoisotopic (exact) mass is 427 g/mol. The molecule has 1 fully saturated rings. The van der Waals surface area contributed by atoms with Gasteiger partial charge < -0.3 is 24.4 Å². The molecule has 0 saturated carbocycles. The van der Waals surface area contributed by atoms with E-state index in [-0.39, 0.29) is 17.1 Å². The zero-order valence-electron chi connectivity index (χ0n) is 13.6. The molecule has 0 amide bonds. The highest BCUT2D eigenvalue weighted by Gasteiger charge is 2.45. The minimum Gasteiger partial charge on any atom is -0.387 e. The van der Waals surface area contributed by atoms with Crippen molar-refractivity contribution in [1.29, 1.82) is 0 Å². The maximum absolute atomic E-state index is 12.1. The van der Waals surface area contributed by atoms with E-state index in [4.69, 9.17) is 31.7 Å². The highest BCUT2D eigenvalue weighted by atomic mass is 35.9. The summed E-state index contributed by atoms with van der Waals surface area (Å²) in [7, 11) is 3.39. The lowest BCUT2D eigenvalue weighted by atomic mass is 10.1. The third kappa shape index (κ3) is 3.74. The van der Waals surface area contributed by atoms with Crippen LogP contribution in [0.25, 0.3) is 11.2 Å². The maximum Gasteiger partial charge on any atom is 0.380 e. The summed E-state index contributed by atoms with van der Waals surface area (Å²) in [5.41, 5.74) is -0.252. The van der Waals surface area contributed by atoms with Crippen molar-refractivity contribution in [1.82, 2.24) is 19.5 Å². The molecule has 0 aliphatic carbocycles. The third-order valence-electron chi connectivity index (χ3n) is 3.84. The van der Waals surface area contributed by atoms with E-state index >= 15 is 0 Å². The number of nitrogens with one attached hydrogen (secondary N) is 1. The smallest absolute Gasteiger partial charge is 0.380 e. The number of ether oxygens (including phenoxy) is 1. The van der Waals surface area contributed by atoms with Gasteiger partial charge in [-0.2, -0.15) is 4.98 Å². The van der Waals surface area contributed by atoms with E-state index < -0.39 is 42.8 Å². The molecule has 144 valence electrons. The summed E-state index contributed by atoms with van der Waals surface area (Å²) in [5.74, 6) is 0.280. The van der Waals surface area contributed by atoms with Gasteiger partial charge in [0.25, 0.3) is 5.56 Å². The van der Waals surface area contributed by atoms with Gasteiger partial charge in [-0.3, -0.25) is 18.9 Å². The van der Waals surface area contributed by atoms with Crippen molar-refractivity contribution in [3.8, 4) is 0 Å². The summed E-state index contributed by atoms with van der Waals surface area (Å²) < 4.78 is 22.9. The molecule has 1 saturated heterocycles. The van der Waals surface area contributed by atoms with Crippen LogP contribution < -0.4 is 10.5 Å². The lowest BCUT2D eigenvalue weighted by Crippen LogP contribution is -2.33. The lowest BCUT2D eigenvalue weighted by Gasteiger charge is -2.17. The molecule has 3 heterocycles. The van der Waals surface area contributed by atoms with Gasteiger partial charge in [0.15, 0.2) is 17.4 Å². The van der Waals surface area contributed by atoms with E-state index in [9.17, 15) is 19.6 Å². The number of aromatic nitrogens is 4. The van der Waals surface area contributed by atoms with Gasteiger partial charge in [0.1, 0.15) is 18.3 Å². The minimum absolute atomic E-state index is 0.0478. The van der Waals surface area contributed by atoms with Crippen molar-refractivity contribution in [2.45, 2.75) is 24.5 Å². The average molecular weight is 428 g/mol. The third-order valence-corrected chi connectivity index (χ3v) is 4.88. The highest BCUT2D eigenvalue weighted by Crippen LogP contribution is 2.57. The number of H-pyrrole nitrogens is 1. The van der Waals surface area contributed by atoms with Crippen LogP contribution in [0.3, 0.4) is 0 Å². The molecule has 14 heteroatoms. The van der Waals surface area contributed by atoms with Gasteiger partial charge in [0.2, 0.25) is 5.95 Å². The molecule has 2 aromatic rings. The van der Waals surface area contributed by atoms with Crippen molar-refractivity contribution in [3.05, 3.63) is 16.7 Å². The molecule has 0 bridgehead atoms. The first-order chi connectivity index (χ1) is 12.1. The number of aliphatic hydroxyl groups is 2. The van der Waals surface area contributed by atoms with E-state index in [0.29, 0.717) is 0 Å². The quantitative estimate of drug-likeness (QED) is 0.577. The van der Waals surface area contributed by atoms with Crippen LogP contribution in [0.5, 0.6) is 0 Å². The SMILES string of the molecule is CN(C)c1nc2c(ncn2[C@@H]2O[C@H](COP(=O)(Cl)Cl)C(O)[C@@H]2O)c(=O)[nH]1. The molecule has 0 aromatic carbocycles. The summed E-state index contributed by atoms with van der Waals surface area (Å²) in [6.07, 6.45) is -7.44. The summed E-state index contributed by atoms with van der Waals surface area (Å²) in [6, 6.07) is 0. The Balaban J connectivity index is 1.93. The van der Waals surface area contributed by atoms with Gasteiger partial charge in [-0.15, -0.1) is 0 Å².